The van der Waals surface area contributed by atoms with Crippen LogP contribution in [0.1, 0.15) is 13.8 Å². The molecule has 1 aliphatic heterocycles. The molecule has 0 radical (unpaired) electrons. The Labute approximate surface area is 128 Å². The van der Waals surface area contributed by atoms with Crippen molar-refractivity contribution in [3.05, 3.63) is 0 Å². The summed E-state index contributed by atoms with van der Waals surface area (Å²) in [5, 5.41) is 3.12. The standard InChI is InChI=1S/C13H29N3O2S2/c1-4-15(5-2)8-6-14-7-9-16-10-11-19-12-13(16)20(3,17)18/h13-14H,4-12H2,1-3H3. The Morgan fingerprint density at radius 1 is 1.30 bits per heavy atom. The van der Waals surface area contributed by atoms with Gasteiger partial charge in [0, 0.05) is 50.5 Å². The summed E-state index contributed by atoms with van der Waals surface area (Å²) >= 11 is 1.74. The fourth-order valence-electron chi connectivity index (χ4n) is 2.39. The molecule has 1 N–H and O–H groups in total. The molecule has 1 rings (SSSR count). The van der Waals surface area contributed by atoms with Gasteiger partial charge in [-0.15, -0.1) is 0 Å². The quantitative estimate of drug-likeness (QED) is 0.618. The summed E-state index contributed by atoms with van der Waals surface area (Å²) in [5.74, 6) is 1.74. The van der Waals surface area contributed by atoms with Crippen LogP contribution in [0.4, 0.5) is 0 Å². The lowest BCUT2D eigenvalue weighted by atomic mass is 10.4. The number of likely N-dealkylation sites (N-methyl/N-ethyl adjacent to an activating group) is 1. The van der Waals surface area contributed by atoms with Crippen molar-refractivity contribution in [1.82, 2.24) is 15.1 Å². The monoisotopic (exact) mass is 323 g/mol. The first-order chi connectivity index (χ1) is 9.49. The summed E-state index contributed by atoms with van der Waals surface area (Å²) in [6.07, 6.45) is 1.35. The number of nitrogens with zero attached hydrogens (tertiary/aromatic N) is 2. The highest BCUT2D eigenvalue weighted by molar-refractivity contribution is 8.00. The SMILES string of the molecule is CCN(CC)CCNCCN1CCSCC1S(C)(=O)=O. The van der Waals surface area contributed by atoms with E-state index in [4.69, 9.17) is 0 Å². The Morgan fingerprint density at radius 2 is 2.00 bits per heavy atom. The highest BCUT2D eigenvalue weighted by Crippen LogP contribution is 2.19. The van der Waals surface area contributed by atoms with Gasteiger partial charge in [-0.05, 0) is 13.1 Å². The van der Waals surface area contributed by atoms with Crippen LogP contribution in [0.5, 0.6) is 0 Å². The fraction of sp³-hybridized carbons (Fsp3) is 1.00. The normalized spacial score (nSPS) is 21.5. The van der Waals surface area contributed by atoms with Gasteiger partial charge in [-0.3, -0.25) is 4.90 Å². The molecule has 120 valence electrons. The van der Waals surface area contributed by atoms with E-state index in [1.54, 1.807) is 11.8 Å². The smallest absolute Gasteiger partial charge is 0.164 e. The van der Waals surface area contributed by atoms with E-state index in [1.807, 2.05) is 0 Å². The average Bonchev–Trinajstić information content (AvgIpc) is 2.42. The lowest BCUT2D eigenvalue weighted by molar-refractivity contribution is 0.262. The van der Waals surface area contributed by atoms with E-state index in [1.165, 1.54) is 6.26 Å². The maximum Gasteiger partial charge on any atom is 0.164 e. The van der Waals surface area contributed by atoms with E-state index in [0.717, 1.165) is 51.6 Å². The lowest BCUT2D eigenvalue weighted by Gasteiger charge is -2.34. The van der Waals surface area contributed by atoms with Crippen molar-refractivity contribution < 1.29 is 8.42 Å². The third kappa shape index (κ3) is 6.30. The van der Waals surface area contributed by atoms with Crippen molar-refractivity contribution >= 4 is 21.6 Å². The predicted molar refractivity (Wildman–Crippen MR) is 88.2 cm³/mol. The maximum absolute atomic E-state index is 11.8. The Morgan fingerprint density at radius 3 is 2.60 bits per heavy atom. The van der Waals surface area contributed by atoms with E-state index in [0.29, 0.717) is 5.75 Å². The Kier molecular flexibility index (Phi) is 8.43. The molecular formula is C13H29N3O2S2. The molecular weight excluding hydrogens is 294 g/mol. The first-order valence-electron chi connectivity index (χ1n) is 7.42. The molecule has 0 saturated carbocycles. The van der Waals surface area contributed by atoms with Crippen molar-refractivity contribution in [3.8, 4) is 0 Å². The first kappa shape index (κ1) is 18.2. The van der Waals surface area contributed by atoms with Crippen molar-refractivity contribution in [2.24, 2.45) is 0 Å². The van der Waals surface area contributed by atoms with Gasteiger partial charge < -0.3 is 10.2 Å². The van der Waals surface area contributed by atoms with E-state index < -0.39 is 9.84 Å². The minimum Gasteiger partial charge on any atom is -0.314 e. The summed E-state index contributed by atoms with van der Waals surface area (Å²) in [6, 6.07) is 0. The third-order valence-corrected chi connectivity index (χ3v) is 6.45. The van der Waals surface area contributed by atoms with Gasteiger partial charge in [-0.2, -0.15) is 11.8 Å². The molecule has 0 bridgehead atoms. The molecule has 0 aliphatic carbocycles. The van der Waals surface area contributed by atoms with E-state index >= 15 is 0 Å². The minimum absolute atomic E-state index is 0.300. The summed E-state index contributed by atoms with van der Waals surface area (Å²) in [5.41, 5.74) is 0. The number of nitrogens with one attached hydrogen (secondary N) is 1. The molecule has 1 atom stereocenters. The molecule has 0 aromatic carbocycles. The molecule has 1 aliphatic rings. The molecule has 7 heteroatoms. The van der Waals surface area contributed by atoms with Gasteiger partial charge in [-0.1, -0.05) is 13.8 Å². The summed E-state index contributed by atoms with van der Waals surface area (Å²) in [7, 11) is -2.97. The zero-order valence-electron chi connectivity index (χ0n) is 13.0. The number of sulfone groups is 1. The van der Waals surface area contributed by atoms with Gasteiger partial charge in [0.15, 0.2) is 9.84 Å². The fourth-order valence-corrected chi connectivity index (χ4v) is 5.36. The average molecular weight is 324 g/mol. The van der Waals surface area contributed by atoms with Gasteiger partial charge in [0.05, 0.1) is 0 Å². The van der Waals surface area contributed by atoms with Crippen LogP contribution in [0, 0.1) is 0 Å². The predicted octanol–water partition coefficient (Wildman–Crippen LogP) is 0.337. The highest BCUT2D eigenvalue weighted by Gasteiger charge is 2.30. The van der Waals surface area contributed by atoms with Gasteiger partial charge >= 0.3 is 0 Å². The van der Waals surface area contributed by atoms with Crippen LogP contribution in [0.15, 0.2) is 0 Å². The van der Waals surface area contributed by atoms with Crippen molar-refractivity contribution in [1.29, 1.82) is 0 Å². The molecule has 20 heavy (non-hydrogen) atoms. The molecule has 5 nitrogen and oxygen atoms in total. The van der Waals surface area contributed by atoms with E-state index in [2.05, 4.69) is 29.0 Å². The molecule has 0 aromatic rings. The zero-order valence-corrected chi connectivity index (χ0v) is 14.6. The Hall–Kier alpha value is 0.180. The van der Waals surface area contributed by atoms with Crippen LogP contribution >= 0.6 is 11.8 Å². The molecule has 1 heterocycles. The summed E-state index contributed by atoms with van der Waals surface area (Å²) in [6.45, 7) is 11.1. The van der Waals surface area contributed by atoms with Gasteiger partial charge in [-0.25, -0.2) is 8.42 Å². The van der Waals surface area contributed by atoms with Crippen LogP contribution < -0.4 is 5.32 Å². The number of hydrogen-bond donors (Lipinski definition) is 1. The number of thioether (sulfide) groups is 1. The largest absolute Gasteiger partial charge is 0.314 e. The van der Waals surface area contributed by atoms with Crippen LogP contribution in [0.3, 0.4) is 0 Å². The van der Waals surface area contributed by atoms with Crippen molar-refractivity contribution in [3.63, 3.8) is 0 Å². The summed E-state index contributed by atoms with van der Waals surface area (Å²) < 4.78 is 23.5. The molecule has 0 spiro atoms. The van der Waals surface area contributed by atoms with Crippen LogP contribution in [0.2, 0.25) is 0 Å². The summed E-state index contributed by atoms with van der Waals surface area (Å²) in [4.78, 5) is 4.49. The van der Waals surface area contributed by atoms with E-state index in [-0.39, 0.29) is 5.37 Å². The second kappa shape index (κ2) is 9.25. The van der Waals surface area contributed by atoms with Crippen LogP contribution in [-0.2, 0) is 9.84 Å². The Balaban J connectivity index is 2.26. The van der Waals surface area contributed by atoms with E-state index in [9.17, 15) is 8.42 Å². The van der Waals surface area contributed by atoms with Crippen LogP contribution in [0.25, 0.3) is 0 Å². The molecule has 0 aromatic heterocycles. The molecule has 1 fully saturated rings. The first-order valence-corrected chi connectivity index (χ1v) is 10.5. The van der Waals surface area contributed by atoms with Crippen LogP contribution in [-0.4, -0.2) is 87.2 Å². The van der Waals surface area contributed by atoms with Gasteiger partial charge in [0.25, 0.3) is 0 Å². The molecule has 1 unspecified atom stereocenters. The number of rotatable bonds is 9. The maximum atomic E-state index is 11.8. The Bertz CT molecular complexity index is 359. The molecule has 1 saturated heterocycles. The van der Waals surface area contributed by atoms with Gasteiger partial charge in [0.2, 0.25) is 0 Å². The van der Waals surface area contributed by atoms with Crippen molar-refractivity contribution in [2.75, 3.05) is 63.6 Å². The second-order valence-corrected chi connectivity index (χ2v) is 8.52. The van der Waals surface area contributed by atoms with Crippen molar-refractivity contribution in [2.45, 2.75) is 19.2 Å². The van der Waals surface area contributed by atoms with Gasteiger partial charge in [0.1, 0.15) is 5.37 Å². The highest BCUT2D eigenvalue weighted by atomic mass is 32.2. The second-order valence-electron chi connectivity index (χ2n) is 5.17. The third-order valence-electron chi connectivity index (χ3n) is 3.76. The molecule has 0 amide bonds. The zero-order chi connectivity index (χ0) is 15.0. The minimum atomic E-state index is -2.97. The topological polar surface area (TPSA) is 52.6 Å². The number of hydrogen-bond acceptors (Lipinski definition) is 6. The lowest BCUT2D eigenvalue weighted by Crippen LogP contribution is -2.49.